The summed E-state index contributed by atoms with van der Waals surface area (Å²) in [6.45, 7) is -0.112. The first-order chi connectivity index (χ1) is 13.2. The van der Waals surface area contributed by atoms with Gasteiger partial charge in [0.15, 0.2) is 0 Å². The number of nitrogens with one attached hydrogen (secondary N) is 1. The van der Waals surface area contributed by atoms with E-state index >= 15 is 0 Å². The fraction of sp³-hybridized carbons (Fsp3) is 0.190. The first-order valence-corrected chi connectivity index (χ1v) is 8.53. The minimum atomic E-state index is -1.58. The maximum Gasteiger partial charge on any atom is 0.246 e. The predicted molar refractivity (Wildman–Crippen MR) is 101 cm³/mol. The van der Waals surface area contributed by atoms with Crippen molar-refractivity contribution < 1.29 is 14.6 Å². The van der Waals surface area contributed by atoms with Crippen LogP contribution in [0, 0.1) is 0 Å². The first-order valence-electron chi connectivity index (χ1n) is 8.53. The molecule has 0 saturated heterocycles. The third-order valence-electron chi connectivity index (χ3n) is 4.33. The van der Waals surface area contributed by atoms with E-state index in [1.807, 2.05) is 30.3 Å². The van der Waals surface area contributed by atoms with Crippen LogP contribution in [-0.2, 0) is 15.1 Å². The van der Waals surface area contributed by atoms with Crippen molar-refractivity contribution in [1.29, 1.82) is 0 Å². The summed E-state index contributed by atoms with van der Waals surface area (Å²) in [4.78, 5) is 20.7. The fourth-order valence-electron chi connectivity index (χ4n) is 3.08. The van der Waals surface area contributed by atoms with Crippen LogP contribution in [0.2, 0.25) is 0 Å². The van der Waals surface area contributed by atoms with E-state index in [-0.39, 0.29) is 12.5 Å². The lowest BCUT2D eigenvalue weighted by Crippen LogP contribution is -2.46. The topological polar surface area (TPSA) is 84.3 Å². The highest BCUT2D eigenvalue weighted by Gasteiger charge is 2.42. The molecule has 0 aliphatic rings. The molecule has 1 aromatic carbocycles. The number of aromatic nitrogens is 2. The molecule has 6 nitrogen and oxygen atoms in total. The number of hydrogen-bond donors (Lipinski definition) is 2. The third-order valence-corrected chi connectivity index (χ3v) is 4.33. The highest BCUT2D eigenvalue weighted by atomic mass is 16.5. The molecule has 3 aromatic rings. The summed E-state index contributed by atoms with van der Waals surface area (Å²) in [6, 6.07) is 15.6. The maximum atomic E-state index is 12.4. The SMILES string of the molecule is COCC(=O)N[C@@H](c1ccccc1)C(O)(c1cccnc1)c1cccnc1. The molecule has 138 valence electrons. The van der Waals surface area contributed by atoms with Crippen LogP contribution in [0.25, 0.3) is 0 Å². The van der Waals surface area contributed by atoms with E-state index in [4.69, 9.17) is 4.74 Å². The Labute approximate surface area is 157 Å². The third kappa shape index (κ3) is 4.02. The van der Waals surface area contributed by atoms with Crippen LogP contribution >= 0.6 is 0 Å². The van der Waals surface area contributed by atoms with Gasteiger partial charge in [0.05, 0.1) is 6.04 Å². The van der Waals surface area contributed by atoms with Crippen molar-refractivity contribution in [3.8, 4) is 0 Å². The molecule has 0 radical (unpaired) electrons. The molecule has 0 spiro atoms. The van der Waals surface area contributed by atoms with Gasteiger partial charge in [-0.2, -0.15) is 0 Å². The summed E-state index contributed by atoms with van der Waals surface area (Å²) in [7, 11) is 1.45. The second-order valence-electron chi connectivity index (χ2n) is 6.09. The molecule has 0 unspecified atom stereocenters. The molecule has 6 heteroatoms. The van der Waals surface area contributed by atoms with E-state index < -0.39 is 11.6 Å². The van der Waals surface area contributed by atoms with Gasteiger partial charge in [-0.05, 0) is 17.7 Å². The van der Waals surface area contributed by atoms with Gasteiger partial charge in [-0.15, -0.1) is 0 Å². The number of aliphatic hydroxyl groups is 1. The van der Waals surface area contributed by atoms with Gasteiger partial charge in [0.1, 0.15) is 12.2 Å². The number of nitrogens with zero attached hydrogens (tertiary/aromatic N) is 2. The number of carbonyl (C=O) groups is 1. The molecule has 2 N–H and O–H groups in total. The second-order valence-corrected chi connectivity index (χ2v) is 6.09. The van der Waals surface area contributed by atoms with Gasteiger partial charge in [0.25, 0.3) is 0 Å². The smallest absolute Gasteiger partial charge is 0.246 e. The first kappa shape index (κ1) is 18.7. The van der Waals surface area contributed by atoms with Gasteiger partial charge in [-0.3, -0.25) is 14.8 Å². The number of rotatable bonds is 7. The van der Waals surface area contributed by atoms with Crippen LogP contribution in [0.3, 0.4) is 0 Å². The molecule has 0 saturated carbocycles. The Morgan fingerprint density at radius 1 is 1.04 bits per heavy atom. The van der Waals surface area contributed by atoms with E-state index in [9.17, 15) is 9.90 Å². The lowest BCUT2D eigenvalue weighted by Gasteiger charge is -2.37. The molecule has 0 fully saturated rings. The molecule has 0 aliphatic carbocycles. The molecule has 27 heavy (non-hydrogen) atoms. The number of pyridine rings is 2. The number of benzene rings is 1. The minimum absolute atomic E-state index is 0.112. The molecule has 2 aromatic heterocycles. The van der Waals surface area contributed by atoms with E-state index in [1.54, 1.807) is 49.1 Å². The van der Waals surface area contributed by atoms with Gasteiger partial charge < -0.3 is 15.2 Å². The van der Waals surface area contributed by atoms with Crippen LogP contribution < -0.4 is 5.32 Å². The average Bonchev–Trinajstić information content (AvgIpc) is 2.73. The van der Waals surface area contributed by atoms with Crippen molar-refractivity contribution in [2.24, 2.45) is 0 Å². The number of methoxy groups -OCH3 is 1. The molecule has 0 bridgehead atoms. The minimum Gasteiger partial charge on any atom is -0.378 e. The molecule has 1 atom stereocenters. The van der Waals surface area contributed by atoms with Crippen LogP contribution in [0.1, 0.15) is 22.7 Å². The van der Waals surface area contributed by atoms with Gasteiger partial charge in [0.2, 0.25) is 5.91 Å². The van der Waals surface area contributed by atoms with E-state index in [1.165, 1.54) is 7.11 Å². The van der Waals surface area contributed by atoms with Gasteiger partial charge in [0, 0.05) is 43.0 Å². The molecular formula is C21H21N3O3. The fourth-order valence-corrected chi connectivity index (χ4v) is 3.08. The zero-order chi connectivity index (χ0) is 19.1. The standard InChI is InChI=1S/C21H21N3O3/c1-27-15-19(25)24-20(16-7-3-2-4-8-16)21(26,17-9-5-11-22-13-17)18-10-6-12-23-14-18/h2-14,20,26H,15H2,1H3,(H,24,25)/t20-/m0/s1. The normalized spacial score (nSPS) is 12.4. The summed E-state index contributed by atoms with van der Waals surface area (Å²) >= 11 is 0. The lowest BCUT2D eigenvalue weighted by molar-refractivity contribution is -0.127. The van der Waals surface area contributed by atoms with Crippen LogP contribution in [0.15, 0.2) is 79.4 Å². The Bertz CT molecular complexity index is 818. The summed E-state index contributed by atoms with van der Waals surface area (Å²) in [5, 5.41) is 14.9. The lowest BCUT2D eigenvalue weighted by atomic mass is 9.78. The van der Waals surface area contributed by atoms with Gasteiger partial charge >= 0.3 is 0 Å². The van der Waals surface area contributed by atoms with Crippen molar-refractivity contribution in [1.82, 2.24) is 15.3 Å². The Balaban J connectivity index is 2.17. The number of amides is 1. The van der Waals surface area contributed by atoms with Crippen molar-refractivity contribution in [2.45, 2.75) is 11.6 Å². The number of ether oxygens (including phenoxy) is 1. The number of carbonyl (C=O) groups excluding carboxylic acids is 1. The van der Waals surface area contributed by atoms with Crippen molar-refractivity contribution in [3.05, 3.63) is 96.1 Å². The van der Waals surface area contributed by atoms with Crippen LogP contribution in [0.4, 0.5) is 0 Å². The zero-order valence-corrected chi connectivity index (χ0v) is 14.9. The quantitative estimate of drug-likeness (QED) is 0.672. The van der Waals surface area contributed by atoms with Crippen LogP contribution in [0.5, 0.6) is 0 Å². The predicted octanol–water partition coefficient (Wildman–Crippen LogP) is 2.22. The van der Waals surface area contributed by atoms with E-state index in [0.29, 0.717) is 11.1 Å². The highest BCUT2D eigenvalue weighted by molar-refractivity contribution is 5.78. The van der Waals surface area contributed by atoms with Gasteiger partial charge in [-0.1, -0.05) is 42.5 Å². The van der Waals surface area contributed by atoms with Gasteiger partial charge in [-0.25, -0.2) is 0 Å². The van der Waals surface area contributed by atoms with Crippen molar-refractivity contribution in [2.75, 3.05) is 13.7 Å². The largest absolute Gasteiger partial charge is 0.378 e. The Morgan fingerprint density at radius 2 is 1.63 bits per heavy atom. The van der Waals surface area contributed by atoms with Crippen LogP contribution in [-0.4, -0.2) is 34.7 Å². The molecule has 3 rings (SSSR count). The molecule has 1 amide bonds. The van der Waals surface area contributed by atoms with E-state index in [0.717, 1.165) is 5.56 Å². The zero-order valence-electron chi connectivity index (χ0n) is 14.9. The summed E-state index contributed by atoms with van der Waals surface area (Å²) < 4.78 is 4.95. The second kappa shape index (κ2) is 8.53. The Morgan fingerprint density at radius 3 is 2.11 bits per heavy atom. The average molecular weight is 363 g/mol. The molecular weight excluding hydrogens is 342 g/mol. The molecule has 2 heterocycles. The Hall–Kier alpha value is -3.09. The van der Waals surface area contributed by atoms with Crippen molar-refractivity contribution in [3.63, 3.8) is 0 Å². The monoisotopic (exact) mass is 363 g/mol. The summed E-state index contributed by atoms with van der Waals surface area (Å²) in [5.41, 5.74) is 0.263. The molecule has 0 aliphatic heterocycles. The number of hydrogen-bond acceptors (Lipinski definition) is 5. The summed E-state index contributed by atoms with van der Waals surface area (Å²) in [6.07, 6.45) is 6.44. The highest BCUT2D eigenvalue weighted by Crippen LogP contribution is 2.40. The maximum absolute atomic E-state index is 12.4. The summed E-state index contributed by atoms with van der Waals surface area (Å²) in [5.74, 6) is -0.336. The Kier molecular flexibility index (Phi) is 5.90. The van der Waals surface area contributed by atoms with E-state index in [2.05, 4.69) is 15.3 Å². The van der Waals surface area contributed by atoms with Crippen molar-refractivity contribution >= 4 is 5.91 Å².